The maximum atomic E-state index is 12.6. The Balaban J connectivity index is 1.73. The van der Waals surface area contributed by atoms with Crippen LogP contribution >= 0.6 is 11.6 Å². The molecule has 1 aromatic heterocycles. The number of nitrogens with zero attached hydrogens (tertiary/aromatic N) is 3. The van der Waals surface area contributed by atoms with E-state index >= 15 is 0 Å². The Morgan fingerprint density at radius 1 is 1.29 bits per heavy atom. The number of urea groups is 1. The fourth-order valence-electron chi connectivity index (χ4n) is 3.43. The van der Waals surface area contributed by atoms with Crippen LogP contribution in [-0.4, -0.2) is 20.8 Å². The SMILES string of the molecule is C[C@@H](NC(=O)NC1(c2ccc(Cl)cc2)CCCC1)c1nncn1C. The van der Waals surface area contributed by atoms with E-state index in [1.165, 1.54) is 0 Å². The van der Waals surface area contributed by atoms with Crippen molar-refractivity contribution >= 4 is 17.6 Å². The topological polar surface area (TPSA) is 71.8 Å². The lowest BCUT2D eigenvalue weighted by atomic mass is 9.88. The second-order valence-corrected chi connectivity index (χ2v) is 6.85. The van der Waals surface area contributed by atoms with Crippen LogP contribution in [0.3, 0.4) is 0 Å². The normalized spacial score (nSPS) is 17.5. The van der Waals surface area contributed by atoms with Crippen LogP contribution in [0.4, 0.5) is 4.79 Å². The molecule has 7 heteroatoms. The molecule has 1 saturated carbocycles. The van der Waals surface area contributed by atoms with Crippen molar-refractivity contribution in [3.63, 3.8) is 0 Å². The Bertz CT molecular complexity index is 706. The van der Waals surface area contributed by atoms with E-state index < -0.39 is 0 Å². The van der Waals surface area contributed by atoms with Gasteiger partial charge >= 0.3 is 6.03 Å². The van der Waals surface area contributed by atoms with E-state index in [1.54, 1.807) is 10.9 Å². The number of hydrogen-bond acceptors (Lipinski definition) is 3. The van der Waals surface area contributed by atoms with Crippen LogP contribution < -0.4 is 10.6 Å². The van der Waals surface area contributed by atoms with Gasteiger partial charge in [-0.25, -0.2) is 4.79 Å². The third-order valence-corrected chi connectivity index (χ3v) is 4.94. The fourth-order valence-corrected chi connectivity index (χ4v) is 3.56. The first-order chi connectivity index (χ1) is 11.5. The molecule has 0 bridgehead atoms. The van der Waals surface area contributed by atoms with Gasteiger partial charge in [0, 0.05) is 12.1 Å². The number of hydrogen-bond donors (Lipinski definition) is 2. The standard InChI is InChI=1S/C17H22ClN5O/c1-12(15-22-19-11-23(15)2)20-16(24)21-17(9-3-4-10-17)13-5-7-14(18)8-6-13/h5-8,11-12H,3-4,9-10H2,1-2H3,(H2,20,21,24)/t12-/m1/s1. The summed E-state index contributed by atoms with van der Waals surface area (Å²) in [5.74, 6) is 0.720. The van der Waals surface area contributed by atoms with Gasteiger partial charge in [-0.15, -0.1) is 10.2 Å². The molecule has 0 radical (unpaired) electrons. The number of carbonyl (C=O) groups excluding carboxylic acids is 1. The molecule has 24 heavy (non-hydrogen) atoms. The Morgan fingerprint density at radius 3 is 2.54 bits per heavy atom. The number of aromatic nitrogens is 3. The third-order valence-electron chi connectivity index (χ3n) is 4.69. The van der Waals surface area contributed by atoms with Gasteiger partial charge in [0.05, 0.1) is 11.6 Å². The van der Waals surface area contributed by atoms with Crippen molar-refractivity contribution in [1.82, 2.24) is 25.4 Å². The maximum absolute atomic E-state index is 12.6. The van der Waals surface area contributed by atoms with Gasteiger partial charge in [0.15, 0.2) is 5.82 Å². The minimum Gasteiger partial charge on any atom is -0.329 e. The van der Waals surface area contributed by atoms with Gasteiger partial charge in [-0.1, -0.05) is 36.6 Å². The Kier molecular flexibility index (Phi) is 4.76. The summed E-state index contributed by atoms with van der Waals surface area (Å²) >= 11 is 6.00. The minimum absolute atomic E-state index is 0.192. The molecular weight excluding hydrogens is 326 g/mol. The van der Waals surface area contributed by atoms with E-state index in [4.69, 9.17) is 11.6 Å². The summed E-state index contributed by atoms with van der Waals surface area (Å²) in [5, 5.41) is 14.7. The minimum atomic E-state index is -0.325. The molecule has 2 aromatic rings. The summed E-state index contributed by atoms with van der Waals surface area (Å²) in [5.41, 5.74) is 0.778. The molecular formula is C17H22ClN5O. The van der Waals surface area contributed by atoms with Crippen molar-refractivity contribution in [2.75, 3.05) is 0 Å². The third kappa shape index (κ3) is 3.38. The monoisotopic (exact) mass is 347 g/mol. The van der Waals surface area contributed by atoms with Crippen LogP contribution in [0, 0.1) is 0 Å². The first-order valence-electron chi connectivity index (χ1n) is 8.19. The average molecular weight is 348 g/mol. The van der Waals surface area contributed by atoms with Gasteiger partial charge in [0.2, 0.25) is 0 Å². The summed E-state index contributed by atoms with van der Waals surface area (Å²) in [4.78, 5) is 12.6. The van der Waals surface area contributed by atoms with E-state index in [0.29, 0.717) is 5.02 Å². The molecule has 0 saturated heterocycles. The first kappa shape index (κ1) is 16.8. The Hall–Kier alpha value is -2.08. The zero-order chi connectivity index (χ0) is 17.2. The van der Waals surface area contributed by atoms with Crippen LogP contribution in [0.25, 0.3) is 0 Å². The molecule has 1 aliphatic carbocycles. The molecule has 6 nitrogen and oxygen atoms in total. The van der Waals surface area contributed by atoms with Crippen LogP contribution in [0.1, 0.15) is 50.0 Å². The molecule has 3 rings (SSSR count). The van der Waals surface area contributed by atoms with E-state index in [1.807, 2.05) is 38.2 Å². The first-order valence-corrected chi connectivity index (χ1v) is 8.57. The van der Waals surface area contributed by atoms with Gasteiger partial charge < -0.3 is 15.2 Å². The number of amides is 2. The highest BCUT2D eigenvalue weighted by Crippen LogP contribution is 2.39. The van der Waals surface area contributed by atoms with Gasteiger partial charge in [0.25, 0.3) is 0 Å². The van der Waals surface area contributed by atoms with E-state index in [2.05, 4.69) is 20.8 Å². The second kappa shape index (κ2) is 6.81. The van der Waals surface area contributed by atoms with Gasteiger partial charge in [-0.05, 0) is 37.5 Å². The van der Waals surface area contributed by atoms with Gasteiger partial charge in [-0.3, -0.25) is 0 Å². The highest BCUT2D eigenvalue weighted by atomic mass is 35.5. The molecule has 128 valence electrons. The number of benzene rings is 1. The summed E-state index contributed by atoms with van der Waals surface area (Å²) in [6, 6.07) is 7.33. The average Bonchev–Trinajstić information content (AvgIpc) is 3.17. The summed E-state index contributed by atoms with van der Waals surface area (Å²) < 4.78 is 1.80. The summed E-state index contributed by atoms with van der Waals surface area (Å²) in [6.45, 7) is 1.90. The lowest BCUT2D eigenvalue weighted by Crippen LogP contribution is -2.49. The van der Waals surface area contributed by atoms with Crippen molar-refractivity contribution in [2.45, 2.75) is 44.2 Å². The molecule has 1 atom stereocenters. The molecule has 0 spiro atoms. The number of nitrogens with one attached hydrogen (secondary N) is 2. The second-order valence-electron chi connectivity index (χ2n) is 6.42. The Labute approximate surface area is 146 Å². The van der Waals surface area contributed by atoms with Crippen LogP contribution in [0.2, 0.25) is 5.02 Å². The molecule has 1 aliphatic rings. The number of aryl methyl sites for hydroxylation is 1. The van der Waals surface area contributed by atoms with Crippen molar-refractivity contribution in [3.8, 4) is 0 Å². The van der Waals surface area contributed by atoms with Crippen LogP contribution in [-0.2, 0) is 12.6 Å². The number of rotatable bonds is 4. The largest absolute Gasteiger partial charge is 0.329 e. The number of carbonyl (C=O) groups is 1. The van der Waals surface area contributed by atoms with Crippen LogP contribution in [0.15, 0.2) is 30.6 Å². The lowest BCUT2D eigenvalue weighted by Gasteiger charge is -2.31. The maximum Gasteiger partial charge on any atom is 0.316 e. The highest BCUT2D eigenvalue weighted by Gasteiger charge is 2.37. The predicted molar refractivity (Wildman–Crippen MR) is 92.7 cm³/mol. The summed E-state index contributed by atoms with van der Waals surface area (Å²) in [7, 11) is 1.86. The smallest absolute Gasteiger partial charge is 0.316 e. The van der Waals surface area contributed by atoms with Gasteiger partial charge in [0.1, 0.15) is 6.33 Å². The zero-order valence-electron chi connectivity index (χ0n) is 13.9. The Morgan fingerprint density at radius 2 is 1.96 bits per heavy atom. The van der Waals surface area contributed by atoms with Crippen molar-refractivity contribution in [2.24, 2.45) is 7.05 Å². The molecule has 1 heterocycles. The fraction of sp³-hybridized carbons (Fsp3) is 0.471. The molecule has 1 aromatic carbocycles. The molecule has 1 fully saturated rings. The molecule has 0 aliphatic heterocycles. The van der Waals surface area contributed by atoms with Crippen molar-refractivity contribution in [3.05, 3.63) is 47.0 Å². The molecule has 2 amide bonds. The van der Waals surface area contributed by atoms with Crippen molar-refractivity contribution < 1.29 is 4.79 Å². The predicted octanol–water partition coefficient (Wildman–Crippen LogP) is 3.30. The van der Waals surface area contributed by atoms with E-state index in [0.717, 1.165) is 37.1 Å². The van der Waals surface area contributed by atoms with Crippen molar-refractivity contribution in [1.29, 1.82) is 0 Å². The quantitative estimate of drug-likeness (QED) is 0.891. The lowest BCUT2D eigenvalue weighted by molar-refractivity contribution is 0.221. The number of halogens is 1. The highest BCUT2D eigenvalue weighted by molar-refractivity contribution is 6.30. The van der Waals surface area contributed by atoms with Crippen LogP contribution in [0.5, 0.6) is 0 Å². The van der Waals surface area contributed by atoms with E-state index in [9.17, 15) is 4.79 Å². The zero-order valence-corrected chi connectivity index (χ0v) is 14.7. The van der Waals surface area contributed by atoms with Gasteiger partial charge in [-0.2, -0.15) is 0 Å². The van der Waals surface area contributed by atoms with E-state index in [-0.39, 0.29) is 17.6 Å². The molecule has 0 unspecified atom stereocenters. The molecule has 2 N–H and O–H groups in total. The summed E-state index contributed by atoms with van der Waals surface area (Å²) in [6.07, 6.45) is 5.68.